The molecule has 1 amide bonds. The fraction of sp³-hybridized carbons (Fsp3) is 0.250. The number of aromatic nitrogens is 1. The van der Waals surface area contributed by atoms with Gasteiger partial charge >= 0.3 is 0 Å². The molecule has 0 radical (unpaired) electrons. The van der Waals surface area contributed by atoms with Gasteiger partial charge in [0.15, 0.2) is 0 Å². The van der Waals surface area contributed by atoms with Crippen molar-refractivity contribution in [2.75, 3.05) is 12.4 Å². The summed E-state index contributed by atoms with van der Waals surface area (Å²) in [6, 6.07) is 9.72. The summed E-state index contributed by atoms with van der Waals surface area (Å²) in [4.78, 5) is 16.1. The zero-order valence-electron chi connectivity index (χ0n) is 11.8. The number of hydrogen-bond acceptors (Lipinski definition) is 4. The first-order valence-electron chi connectivity index (χ1n) is 6.91. The highest BCUT2D eigenvalue weighted by molar-refractivity contribution is 5.95. The van der Waals surface area contributed by atoms with E-state index in [1.54, 1.807) is 25.6 Å². The molecule has 108 valence electrons. The molecule has 5 nitrogen and oxygen atoms in total. The van der Waals surface area contributed by atoms with Crippen molar-refractivity contribution in [3.63, 3.8) is 0 Å². The second kappa shape index (κ2) is 5.83. The normalized spacial score (nSPS) is 13.6. The van der Waals surface area contributed by atoms with Gasteiger partial charge in [0.1, 0.15) is 5.75 Å². The second-order valence-corrected chi connectivity index (χ2v) is 5.06. The molecule has 0 spiro atoms. The van der Waals surface area contributed by atoms with Gasteiger partial charge in [-0.05, 0) is 43.2 Å². The minimum Gasteiger partial charge on any atom is -0.497 e. The lowest BCUT2D eigenvalue weighted by Gasteiger charge is -2.09. The molecule has 1 aromatic carbocycles. The Morgan fingerprint density at radius 3 is 2.62 bits per heavy atom. The number of nitrogens with one attached hydrogen (secondary N) is 2. The Balaban J connectivity index is 1.70. The van der Waals surface area contributed by atoms with Crippen molar-refractivity contribution in [3.05, 3.63) is 48.3 Å². The number of ether oxygens (including phenoxy) is 1. The van der Waals surface area contributed by atoms with Crippen LogP contribution in [0.4, 0.5) is 11.4 Å². The molecule has 0 bridgehead atoms. The lowest BCUT2D eigenvalue weighted by molar-refractivity contribution is 0.0951. The Morgan fingerprint density at radius 2 is 1.95 bits per heavy atom. The number of carbonyl (C=O) groups is 1. The molecular weight excluding hydrogens is 266 g/mol. The van der Waals surface area contributed by atoms with Gasteiger partial charge in [-0.25, -0.2) is 0 Å². The fourth-order valence-electron chi connectivity index (χ4n) is 1.97. The van der Waals surface area contributed by atoms with E-state index >= 15 is 0 Å². The van der Waals surface area contributed by atoms with Crippen LogP contribution in [0.25, 0.3) is 0 Å². The standard InChI is InChI=1S/C16H17N3O2/c1-21-15-6-4-12(5-7-15)18-14-8-11(9-17-10-14)16(20)19-13-2-3-13/h4-10,13,18H,2-3H2,1H3,(H,19,20). The summed E-state index contributed by atoms with van der Waals surface area (Å²) in [6.45, 7) is 0. The number of pyridine rings is 1. The average molecular weight is 283 g/mol. The summed E-state index contributed by atoms with van der Waals surface area (Å²) in [5.41, 5.74) is 2.27. The predicted octanol–water partition coefficient (Wildman–Crippen LogP) is 2.73. The molecule has 21 heavy (non-hydrogen) atoms. The van der Waals surface area contributed by atoms with E-state index in [2.05, 4.69) is 15.6 Å². The summed E-state index contributed by atoms with van der Waals surface area (Å²) in [5, 5.41) is 6.17. The summed E-state index contributed by atoms with van der Waals surface area (Å²) < 4.78 is 5.12. The number of rotatable bonds is 5. The Hall–Kier alpha value is -2.56. The number of hydrogen-bond donors (Lipinski definition) is 2. The third-order valence-corrected chi connectivity index (χ3v) is 3.29. The van der Waals surface area contributed by atoms with E-state index in [1.165, 1.54) is 0 Å². The Kier molecular flexibility index (Phi) is 3.73. The minimum atomic E-state index is -0.0663. The fourth-order valence-corrected chi connectivity index (χ4v) is 1.97. The van der Waals surface area contributed by atoms with Crippen LogP contribution in [0.2, 0.25) is 0 Å². The number of nitrogens with zero attached hydrogens (tertiary/aromatic N) is 1. The van der Waals surface area contributed by atoms with Crippen LogP contribution in [-0.4, -0.2) is 24.0 Å². The molecule has 3 rings (SSSR count). The highest BCUT2D eigenvalue weighted by Gasteiger charge is 2.23. The molecule has 2 N–H and O–H groups in total. The molecule has 1 fully saturated rings. The molecule has 2 aromatic rings. The van der Waals surface area contributed by atoms with Crippen LogP contribution in [0.1, 0.15) is 23.2 Å². The third-order valence-electron chi connectivity index (χ3n) is 3.29. The Morgan fingerprint density at radius 1 is 1.19 bits per heavy atom. The average Bonchev–Trinajstić information content (AvgIpc) is 3.32. The van der Waals surface area contributed by atoms with Crippen molar-refractivity contribution in [3.8, 4) is 5.75 Å². The highest BCUT2D eigenvalue weighted by atomic mass is 16.5. The Bertz CT molecular complexity index is 636. The minimum absolute atomic E-state index is 0.0663. The first kappa shape index (κ1) is 13.4. The largest absolute Gasteiger partial charge is 0.497 e. The van der Waals surface area contributed by atoms with Crippen LogP contribution in [0.15, 0.2) is 42.7 Å². The van der Waals surface area contributed by atoms with Crippen molar-refractivity contribution in [1.29, 1.82) is 0 Å². The van der Waals surface area contributed by atoms with Crippen LogP contribution < -0.4 is 15.4 Å². The molecule has 0 atom stereocenters. The van der Waals surface area contributed by atoms with E-state index in [0.29, 0.717) is 11.6 Å². The van der Waals surface area contributed by atoms with E-state index in [1.807, 2.05) is 24.3 Å². The molecule has 1 saturated carbocycles. The smallest absolute Gasteiger partial charge is 0.253 e. The van der Waals surface area contributed by atoms with E-state index in [9.17, 15) is 4.79 Å². The first-order chi connectivity index (χ1) is 10.2. The summed E-state index contributed by atoms with van der Waals surface area (Å²) in [6.07, 6.45) is 5.42. The molecule has 0 aliphatic heterocycles. The molecule has 5 heteroatoms. The van der Waals surface area contributed by atoms with Gasteiger partial charge in [-0.1, -0.05) is 0 Å². The molecule has 1 aliphatic carbocycles. The number of carbonyl (C=O) groups excluding carboxylic acids is 1. The van der Waals surface area contributed by atoms with Crippen LogP contribution >= 0.6 is 0 Å². The molecule has 1 aliphatic rings. The third kappa shape index (κ3) is 3.51. The zero-order valence-corrected chi connectivity index (χ0v) is 11.8. The maximum absolute atomic E-state index is 12.0. The topological polar surface area (TPSA) is 63.2 Å². The predicted molar refractivity (Wildman–Crippen MR) is 81.0 cm³/mol. The SMILES string of the molecule is COc1ccc(Nc2cncc(C(=O)NC3CC3)c2)cc1. The van der Waals surface area contributed by atoms with Gasteiger partial charge in [-0.3, -0.25) is 9.78 Å². The van der Waals surface area contributed by atoms with Gasteiger partial charge in [0.25, 0.3) is 5.91 Å². The van der Waals surface area contributed by atoms with Crippen LogP contribution in [0, 0.1) is 0 Å². The first-order valence-corrected chi connectivity index (χ1v) is 6.91. The quantitative estimate of drug-likeness (QED) is 0.885. The zero-order chi connectivity index (χ0) is 14.7. The molecule has 0 saturated heterocycles. The number of anilines is 2. The van der Waals surface area contributed by atoms with Crippen LogP contribution in [-0.2, 0) is 0 Å². The lowest BCUT2D eigenvalue weighted by Crippen LogP contribution is -2.25. The van der Waals surface area contributed by atoms with E-state index in [0.717, 1.165) is 30.0 Å². The second-order valence-electron chi connectivity index (χ2n) is 5.06. The summed E-state index contributed by atoms with van der Waals surface area (Å²) >= 11 is 0. The lowest BCUT2D eigenvalue weighted by atomic mass is 10.2. The van der Waals surface area contributed by atoms with Crippen molar-refractivity contribution in [2.24, 2.45) is 0 Å². The van der Waals surface area contributed by atoms with Gasteiger partial charge < -0.3 is 15.4 Å². The van der Waals surface area contributed by atoms with Crippen molar-refractivity contribution in [1.82, 2.24) is 10.3 Å². The summed E-state index contributed by atoms with van der Waals surface area (Å²) in [7, 11) is 1.63. The monoisotopic (exact) mass is 283 g/mol. The van der Waals surface area contributed by atoms with E-state index < -0.39 is 0 Å². The number of amides is 1. The highest BCUT2D eigenvalue weighted by Crippen LogP contribution is 2.21. The summed E-state index contributed by atoms with van der Waals surface area (Å²) in [5.74, 6) is 0.736. The van der Waals surface area contributed by atoms with Crippen molar-refractivity contribution >= 4 is 17.3 Å². The van der Waals surface area contributed by atoms with Gasteiger partial charge in [0.2, 0.25) is 0 Å². The molecule has 1 heterocycles. The molecule has 0 unspecified atom stereocenters. The Labute approximate surface area is 123 Å². The van der Waals surface area contributed by atoms with Gasteiger partial charge in [0.05, 0.1) is 24.6 Å². The molecular formula is C16H17N3O2. The molecule has 1 aromatic heterocycles. The number of benzene rings is 1. The maximum Gasteiger partial charge on any atom is 0.253 e. The van der Waals surface area contributed by atoms with Gasteiger partial charge in [0, 0.05) is 17.9 Å². The van der Waals surface area contributed by atoms with E-state index in [-0.39, 0.29) is 5.91 Å². The van der Waals surface area contributed by atoms with Crippen molar-refractivity contribution < 1.29 is 9.53 Å². The van der Waals surface area contributed by atoms with E-state index in [4.69, 9.17) is 4.74 Å². The van der Waals surface area contributed by atoms with Crippen molar-refractivity contribution in [2.45, 2.75) is 18.9 Å². The van der Waals surface area contributed by atoms with Crippen LogP contribution in [0.3, 0.4) is 0 Å². The number of methoxy groups -OCH3 is 1. The van der Waals surface area contributed by atoms with Gasteiger partial charge in [-0.2, -0.15) is 0 Å². The van der Waals surface area contributed by atoms with Gasteiger partial charge in [-0.15, -0.1) is 0 Å². The maximum atomic E-state index is 12.0. The van der Waals surface area contributed by atoms with Crippen LogP contribution in [0.5, 0.6) is 5.75 Å².